The standard InChI is InChI=1S/C29H54N2O4/c1-2-3-4-5-6-7-8-9-10-11-12-13-15-19-28(33)30-22-17-14-16-20-29(34)31-23-21-27(26-31)35-25-18-24-32/h18,24,27,32H,2-17,19-23,25-26H2,1H3,(H,30,33)/b24-18+/t27-/m0/s1. The summed E-state index contributed by atoms with van der Waals surface area (Å²) >= 11 is 0. The van der Waals surface area contributed by atoms with E-state index >= 15 is 0 Å². The molecule has 0 aromatic rings. The highest BCUT2D eigenvalue weighted by Gasteiger charge is 2.25. The first-order valence-electron chi connectivity index (χ1n) is 14.6. The highest BCUT2D eigenvalue weighted by Crippen LogP contribution is 2.15. The molecule has 0 aromatic heterocycles. The molecule has 1 rings (SSSR count). The van der Waals surface area contributed by atoms with Crippen molar-refractivity contribution < 1.29 is 19.4 Å². The van der Waals surface area contributed by atoms with Crippen molar-refractivity contribution in [1.82, 2.24) is 10.2 Å². The highest BCUT2D eigenvalue weighted by atomic mass is 16.5. The first kappa shape index (κ1) is 31.5. The van der Waals surface area contributed by atoms with Gasteiger partial charge in [0, 0.05) is 32.5 Å². The smallest absolute Gasteiger partial charge is 0.222 e. The van der Waals surface area contributed by atoms with Crippen LogP contribution in [0.1, 0.15) is 129 Å². The second kappa shape index (κ2) is 22.9. The fourth-order valence-corrected chi connectivity index (χ4v) is 4.68. The topological polar surface area (TPSA) is 78.9 Å². The molecule has 0 bridgehead atoms. The molecule has 1 atom stereocenters. The second-order valence-corrected chi connectivity index (χ2v) is 10.1. The molecule has 0 aliphatic carbocycles. The summed E-state index contributed by atoms with van der Waals surface area (Å²) in [4.78, 5) is 26.2. The average Bonchev–Trinajstić information content (AvgIpc) is 3.33. The number of aliphatic hydroxyl groups excluding tert-OH is 1. The Bertz CT molecular complexity index is 553. The van der Waals surface area contributed by atoms with Crippen LogP contribution in [-0.4, -0.2) is 54.2 Å². The summed E-state index contributed by atoms with van der Waals surface area (Å²) in [5, 5.41) is 11.7. The van der Waals surface area contributed by atoms with Crippen LogP contribution in [0.25, 0.3) is 0 Å². The Hall–Kier alpha value is -1.56. The van der Waals surface area contributed by atoms with Gasteiger partial charge in [0.15, 0.2) is 0 Å². The molecule has 2 amide bonds. The quantitative estimate of drug-likeness (QED) is 0.120. The first-order valence-corrected chi connectivity index (χ1v) is 14.6. The van der Waals surface area contributed by atoms with Crippen LogP contribution in [0.5, 0.6) is 0 Å². The minimum atomic E-state index is 0.0697. The first-order chi connectivity index (χ1) is 17.2. The van der Waals surface area contributed by atoms with E-state index in [0.29, 0.717) is 32.5 Å². The number of nitrogens with zero attached hydrogens (tertiary/aromatic N) is 1. The molecule has 0 spiro atoms. The number of hydrogen-bond acceptors (Lipinski definition) is 4. The number of unbranched alkanes of at least 4 members (excludes halogenated alkanes) is 14. The zero-order valence-electron chi connectivity index (χ0n) is 22.6. The van der Waals surface area contributed by atoms with Crippen LogP contribution in [0.2, 0.25) is 0 Å². The third kappa shape index (κ3) is 18.4. The van der Waals surface area contributed by atoms with Gasteiger partial charge in [-0.2, -0.15) is 0 Å². The Balaban J connectivity index is 1.83. The summed E-state index contributed by atoms with van der Waals surface area (Å²) in [6.45, 7) is 4.76. The molecule has 1 fully saturated rings. The number of ether oxygens (including phenoxy) is 1. The Morgan fingerprint density at radius 3 is 2.06 bits per heavy atom. The SMILES string of the molecule is CCCCCCCCCCCCCCCC(=O)NCCCCCC(=O)N1CC[C@H](OC/C=C/O)C1. The van der Waals surface area contributed by atoms with E-state index in [1.165, 1.54) is 70.6 Å². The monoisotopic (exact) mass is 494 g/mol. The molecular formula is C29H54N2O4. The molecule has 0 saturated carbocycles. The van der Waals surface area contributed by atoms with Crippen LogP contribution in [-0.2, 0) is 14.3 Å². The molecule has 6 heteroatoms. The van der Waals surface area contributed by atoms with Gasteiger partial charge in [-0.3, -0.25) is 9.59 Å². The van der Waals surface area contributed by atoms with E-state index < -0.39 is 0 Å². The molecule has 35 heavy (non-hydrogen) atoms. The lowest BCUT2D eigenvalue weighted by Gasteiger charge is -2.16. The number of rotatable bonds is 23. The number of hydrogen-bond donors (Lipinski definition) is 2. The molecule has 2 N–H and O–H groups in total. The van der Waals surface area contributed by atoms with Crippen LogP contribution in [0.15, 0.2) is 12.3 Å². The van der Waals surface area contributed by atoms with Crippen molar-refractivity contribution in [1.29, 1.82) is 0 Å². The second-order valence-electron chi connectivity index (χ2n) is 10.1. The zero-order valence-corrected chi connectivity index (χ0v) is 22.6. The van der Waals surface area contributed by atoms with Gasteiger partial charge in [-0.15, -0.1) is 0 Å². The van der Waals surface area contributed by atoms with E-state index in [2.05, 4.69) is 12.2 Å². The van der Waals surface area contributed by atoms with Gasteiger partial charge in [0.05, 0.1) is 19.0 Å². The molecular weight excluding hydrogens is 440 g/mol. The van der Waals surface area contributed by atoms with Crippen LogP contribution in [0, 0.1) is 0 Å². The van der Waals surface area contributed by atoms with Crippen molar-refractivity contribution in [2.75, 3.05) is 26.2 Å². The van der Waals surface area contributed by atoms with Crippen LogP contribution >= 0.6 is 0 Å². The normalized spacial score (nSPS) is 15.8. The Kier molecular flexibility index (Phi) is 20.6. The Morgan fingerprint density at radius 1 is 0.857 bits per heavy atom. The molecule has 1 aliphatic heterocycles. The summed E-state index contributed by atoms with van der Waals surface area (Å²) in [6.07, 6.45) is 24.6. The highest BCUT2D eigenvalue weighted by molar-refractivity contribution is 5.76. The fourth-order valence-electron chi connectivity index (χ4n) is 4.68. The fraction of sp³-hybridized carbons (Fsp3) is 0.862. The van der Waals surface area contributed by atoms with Crippen molar-refractivity contribution >= 4 is 11.8 Å². The average molecular weight is 495 g/mol. The maximum Gasteiger partial charge on any atom is 0.222 e. The van der Waals surface area contributed by atoms with Crippen LogP contribution < -0.4 is 5.32 Å². The number of likely N-dealkylation sites (tertiary alicyclic amines) is 1. The van der Waals surface area contributed by atoms with E-state index in [-0.39, 0.29) is 17.9 Å². The van der Waals surface area contributed by atoms with E-state index in [4.69, 9.17) is 9.84 Å². The molecule has 0 aromatic carbocycles. The zero-order chi connectivity index (χ0) is 25.4. The molecule has 1 heterocycles. The van der Waals surface area contributed by atoms with Gasteiger partial charge < -0.3 is 20.1 Å². The van der Waals surface area contributed by atoms with Crippen molar-refractivity contribution in [2.45, 2.75) is 135 Å². The predicted octanol–water partition coefficient (Wildman–Crippen LogP) is 6.83. The third-order valence-corrected chi connectivity index (χ3v) is 6.93. The predicted molar refractivity (Wildman–Crippen MR) is 144 cm³/mol. The number of amides is 2. The molecule has 6 nitrogen and oxygen atoms in total. The number of carbonyl (C=O) groups is 2. The van der Waals surface area contributed by atoms with E-state index in [9.17, 15) is 9.59 Å². The number of nitrogens with one attached hydrogen (secondary N) is 1. The van der Waals surface area contributed by atoms with Gasteiger partial charge in [-0.25, -0.2) is 0 Å². The van der Waals surface area contributed by atoms with Crippen molar-refractivity contribution in [3.8, 4) is 0 Å². The molecule has 204 valence electrons. The maximum atomic E-state index is 12.3. The summed E-state index contributed by atoms with van der Waals surface area (Å²) in [5.41, 5.74) is 0. The van der Waals surface area contributed by atoms with Crippen molar-refractivity contribution in [3.63, 3.8) is 0 Å². The molecule has 0 unspecified atom stereocenters. The summed E-state index contributed by atoms with van der Waals surface area (Å²) in [7, 11) is 0. The lowest BCUT2D eigenvalue weighted by atomic mass is 10.0. The minimum absolute atomic E-state index is 0.0697. The summed E-state index contributed by atoms with van der Waals surface area (Å²) < 4.78 is 5.60. The Labute approximate surface area is 215 Å². The van der Waals surface area contributed by atoms with Gasteiger partial charge in [-0.1, -0.05) is 90.4 Å². The Morgan fingerprint density at radius 2 is 1.43 bits per heavy atom. The minimum Gasteiger partial charge on any atom is -0.516 e. The van der Waals surface area contributed by atoms with E-state index in [0.717, 1.165) is 51.3 Å². The molecule has 1 aliphatic rings. The largest absolute Gasteiger partial charge is 0.516 e. The van der Waals surface area contributed by atoms with Gasteiger partial charge in [0.1, 0.15) is 0 Å². The number of carbonyl (C=O) groups excluding carboxylic acids is 2. The van der Waals surface area contributed by atoms with Crippen LogP contribution in [0.4, 0.5) is 0 Å². The van der Waals surface area contributed by atoms with Gasteiger partial charge >= 0.3 is 0 Å². The van der Waals surface area contributed by atoms with E-state index in [1.807, 2.05) is 4.90 Å². The van der Waals surface area contributed by atoms with Gasteiger partial charge in [0.25, 0.3) is 0 Å². The number of aliphatic hydroxyl groups is 1. The van der Waals surface area contributed by atoms with Gasteiger partial charge in [0.2, 0.25) is 11.8 Å². The maximum absolute atomic E-state index is 12.3. The molecule has 0 radical (unpaired) electrons. The van der Waals surface area contributed by atoms with Crippen LogP contribution in [0.3, 0.4) is 0 Å². The van der Waals surface area contributed by atoms with Crippen molar-refractivity contribution in [2.24, 2.45) is 0 Å². The third-order valence-electron chi connectivity index (χ3n) is 6.93. The van der Waals surface area contributed by atoms with Gasteiger partial charge in [-0.05, 0) is 31.8 Å². The summed E-state index contributed by atoms with van der Waals surface area (Å²) in [5.74, 6) is 0.364. The van der Waals surface area contributed by atoms with E-state index in [1.54, 1.807) is 6.08 Å². The molecule has 1 saturated heterocycles. The lowest BCUT2D eigenvalue weighted by molar-refractivity contribution is -0.130. The summed E-state index contributed by atoms with van der Waals surface area (Å²) in [6, 6.07) is 0. The van der Waals surface area contributed by atoms with Crippen molar-refractivity contribution in [3.05, 3.63) is 12.3 Å². The lowest BCUT2D eigenvalue weighted by Crippen LogP contribution is -2.30.